The third-order valence-corrected chi connectivity index (χ3v) is 6.82. The molecule has 0 radical (unpaired) electrons. The van der Waals surface area contributed by atoms with Crippen LogP contribution < -0.4 is 14.8 Å². The number of carbonyl (C=O) groups is 1. The third-order valence-electron chi connectivity index (χ3n) is 4.90. The summed E-state index contributed by atoms with van der Waals surface area (Å²) in [6.45, 7) is 0.890. The number of rotatable bonds is 7. The van der Waals surface area contributed by atoms with Crippen LogP contribution in [0.4, 0.5) is 18.9 Å². The second kappa shape index (κ2) is 10.3. The quantitative estimate of drug-likeness (QED) is 0.588. The van der Waals surface area contributed by atoms with Crippen LogP contribution in [0.25, 0.3) is 6.08 Å². The summed E-state index contributed by atoms with van der Waals surface area (Å²) in [4.78, 5) is 12.2. The normalized spacial score (nSPS) is 15.4. The van der Waals surface area contributed by atoms with Crippen LogP contribution in [0.3, 0.4) is 0 Å². The van der Waals surface area contributed by atoms with Crippen molar-refractivity contribution in [2.24, 2.45) is 0 Å². The van der Waals surface area contributed by atoms with E-state index >= 15 is 0 Å². The number of hydrogen-bond acceptors (Lipinski definition) is 5. The lowest BCUT2D eigenvalue weighted by molar-refractivity contribution is -0.274. The Morgan fingerprint density at radius 2 is 1.73 bits per heavy atom. The van der Waals surface area contributed by atoms with E-state index in [1.807, 2.05) is 0 Å². The highest BCUT2D eigenvalue weighted by Gasteiger charge is 2.31. The molecule has 2 aromatic rings. The van der Waals surface area contributed by atoms with E-state index in [1.165, 1.54) is 47.8 Å². The zero-order chi connectivity index (χ0) is 24.1. The maximum Gasteiger partial charge on any atom is 0.573 e. The molecule has 2 aromatic carbocycles. The van der Waals surface area contributed by atoms with Crippen LogP contribution in [0.5, 0.6) is 11.5 Å². The minimum atomic E-state index is -4.80. The predicted molar refractivity (Wildman–Crippen MR) is 116 cm³/mol. The number of nitrogens with zero attached hydrogens (tertiary/aromatic N) is 1. The lowest BCUT2D eigenvalue weighted by Gasteiger charge is -2.26. The Hall–Kier alpha value is -3.05. The fourth-order valence-corrected chi connectivity index (χ4v) is 5.05. The van der Waals surface area contributed by atoms with Crippen LogP contribution >= 0.6 is 0 Å². The molecule has 1 aliphatic heterocycles. The smallest absolute Gasteiger partial charge is 0.495 e. The molecule has 1 saturated heterocycles. The second-order valence-corrected chi connectivity index (χ2v) is 9.18. The van der Waals surface area contributed by atoms with Gasteiger partial charge in [-0.1, -0.05) is 12.5 Å². The number of hydrogen-bond donors (Lipinski definition) is 1. The van der Waals surface area contributed by atoms with Gasteiger partial charge >= 0.3 is 6.36 Å². The molecule has 0 aliphatic carbocycles. The van der Waals surface area contributed by atoms with Crippen molar-refractivity contribution in [2.75, 3.05) is 25.5 Å². The summed E-state index contributed by atoms with van der Waals surface area (Å²) in [6, 6.07) is 9.26. The summed E-state index contributed by atoms with van der Waals surface area (Å²) in [5.41, 5.74) is 0.734. The van der Waals surface area contributed by atoms with E-state index < -0.39 is 28.0 Å². The Morgan fingerprint density at radius 3 is 2.33 bits per heavy atom. The maximum absolute atomic E-state index is 13.1. The van der Waals surface area contributed by atoms with E-state index in [1.54, 1.807) is 6.07 Å². The number of halogens is 3. The topological polar surface area (TPSA) is 84.9 Å². The van der Waals surface area contributed by atoms with Crippen molar-refractivity contribution >= 4 is 27.7 Å². The van der Waals surface area contributed by atoms with E-state index in [0.717, 1.165) is 31.4 Å². The minimum Gasteiger partial charge on any atom is -0.495 e. The van der Waals surface area contributed by atoms with Crippen molar-refractivity contribution in [1.29, 1.82) is 0 Å². The summed E-state index contributed by atoms with van der Waals surface area (Å²) in [5, 5.41) is 2.51. The first-order valence-electron chi connectivity index (χ1n) is 10.1. The number of benzene rings is 2. The molecule has 1 fully saturated rings. The minimum absolute atomic E-state index is 0.0229. The molecule has 1 N–H and O–H groups in total. The van der Waals surface area contributed by atoms with Crippen molar-refractivity contribution in [3.05, 3.63) is 54.1 Å². The molecule has 1 amide bonds. The molecule has 3 rings (SSSR count). The number of piperidine rings is 1. The third kappa shape index (κ3) is 6.72. The lowest BCUT2D eigenvalue weighted by Crippen LogP contribution is -2.35. The average molecular weight is 484 g/mol. The standard InChI is InChI=1S/C22H23F3N2O5S/c1-31-19-11-5-16(15-20(19)33(29,30)27-13-3-2-4-14-27)6-12-21(28)26-17-7-9-18(10-8-17)32-22(23,24)25/h5-12,15H,2-4,13-14H2,1H3,(H,26,28)/b12-6+. The fraction of sp³-hybridized carbons (Fsp3) is 0.318. The molecule has 1 aliphatic rings. The largest absolute Gasteiger partial charge is 0.573 e. The number of ether oxygens (including phenoxy) is 2. The van der Waals surface area contributed by atoms with Gasteiger partial charge in [0.2, 0.25) is 15.9 Å². The van der Waals surface area contributed by atoms with Crippen molar-refractivity contribution in [1.82, 2.24) is 4.31 Å². The summed E-state index contributed by atoms with van der Waals surface area (Å²) >= 11 is 0. The molecule has 0 unspecified atom stereocenters. The van der Waals surface area contributed by atoms with Crippen LogP contribution in [0.15, 0.2) is 53.4 Å². The first kappa shape index (κ1) is 24.6. The van der Waals surface area contributed by atoms with Crippen LogP contribution in [-0.4, -0.2) is 45.2 Å². The molecule has 33 heavy (non-hydrogen) atoms. The van der Waals surface area contributed by atoms with Gasteiger partial charge in [0.05, 0.1) is 7.11 Å². The molecule has 178 valence electrons. The monoisotopic (exact) mass is 484 g/mol. The molecule has 0 aromatic heterocycles. The Labute approximate surface area is 189 Å². The molecular weight excluding hydrogens is 461 g/mol. The summed E-state index contributed by atoms with van der Waals surface area (Å²) in [5.74, 6) is -0.740. The summed E-state index contributed by atoms with van der Waals surface area (Å²) in [6.07, 6.45) is 0.408. The molecule has 0 bridgehead atoms. The second-order valence-electron chi connectivity index (χ2n) is 7.27. The van der Waals surface area contributed by atoms with Crippen LogP contribution in [0.2, 0.25) is 0 Å². The van der Waals surface area contributed by atoms with E-state index in [0.29, 0.717) is 18.7 Å². The van der Waals surface area contributed by atoms with Gasteiger partial charge in [0, 0.05) is 24.9 Å². The summed E-state index contributed by atoms with van der Waals surface area (Å²) < 4.78 is 73.3. The number of alkyl halides is 3. The molecule has 1 heterocycles. The number of sulfonamides is 1. The van der Waals surface area contributed by atoms with Gasteiger partial charge in [-0.2, -0.15) is 4.31 Å². The average Bonchev–Trinajstić information content (AvgIpc) is 2.78. The maximum atomic E-state index is 13.1. The Balaban J connectivity index is 1.72. The highest BCUT2D eigenvalue weighted by atomic mass is 32.2. The fourth-order valence-electron chi connectivity index (χ4n) is 3.34. The van der Waals surface area contributed by atoms with Gasteiger partial charge in [-0.15, -0.1) is 13.2 Å². The highest BCUT2D eigenvalue weighted by molar-refractivity contribution is 7.89. The van der Waals surface area contributed by atoms with E-state index in [9.17, 15) is 26.4 Å². The van der Waals surface area contributed by atoms with Crippen molar-refractivity contribution in [3.8, 4) is 11.5 Å². The predicted octanol–water partition coefficient (Wildman–Crippen LogP) is 4.42. The first-order chi connectivity index (χ1) is 15.6. The molecule has 11 heteroatoms. The number of carbonyl (C=O) groups excluding carboxylic acids is 1. The van der Waals surface area contributed by atoms with Gasteiger partial charge in [0.1, 0.15) is 16.4 Å². The molecule has 0 saturated carbocycles. The Bertz CT molecular complexity index is 1110. The lowest BCUT2D eigenvalue weighted by atomic mass is 10.2. The van der Waals surface area contributed by atoms with Crippen LogP contribution in [0.1, 0.15) is 24.8 Å². The molecule has 7 nitrogen and oxygen atoms in total. The van der Waals surface area contributed by atoms with Gasteiger partial charge in [-0.05, 0) is 60.9 Å². The van der Waals surface area contributed by atoms with Crippen molar-refractivity contribution < 1.29 is 35.9 Å². The van der Waals surface area contributed by atoms with E-state index in [2.05, 4.69) is 10.1 Å². The first-order valence-corrected chi connectivity index (χ1v) is 11.6. The number of anilines is 1. The SMILES string of the molecule is COc1ccc(/C=C/C(=O)Nc2ccc(OC(F)(F)F)cc2)cc1S(=O)(=O)N1CCCCC1. The molecule has 0 spiro atoms. The van der Waals surface area contributed by atoms with Crippen molar-refractivity contribution in [3.63, 3.8) is 0 Å². The Kier molecular flexibility index (Phi) is 7.65. The van der Waals surface area contributed by atoms with Crippen LogP contribution in [-0.2, 0) is 14.8 Å². The van der Waals surface area contributed by atoms with Crippen molar-refractivity contribution in [2.45, 2.75) is 30.5 Å². The molecule has 0 atom stereocenters. The zero-order valence-electron chi connectivity index (χ0n) is 17.8. The van der Waals surface area contributed by atoms with Crippen LogP contribution in [0, 0.1) is 0 Å². The summed E-state index contributed by atoms with van der Waals surface area (Å²) in [7, 11) is -2.36. The van der Waals surface area contributed by atoms with Gasteiger partial charge < -0.3 is 14.8 Å². The molecular formula is C22H23F3N2O5S. The number of methoxy groups -OCH3 is 1. The highest BCUT2D eigenvalue weighted by Crippen LogP contribution is 2.30. The van der Waals surface area contributed by atoms with Gasteiger partial charge in [-0.25, -0.2) is 8.42 Å². The van der Waals surface area contributed by atoms with E-state index in [-0.39, 0.29) is 16.3 Å². The van der Waals surface area contributed by atoms with Gasteiger partial charge in [-0.3, -0.25) is 4.79 Å². The van der Waals surface area contributed by atoms with E-state index in [4.69, 9.17) is 4.74 Å². The van der Waals surface area contributed by atoms with Gasteiger partial charge in [0.25, 0.3) is 0 Å². The Morgan fingerprint density at radius 1 is 1.06 bits per heavy atom. The van der Waals surface area contributed by atoms with Gasteiger partial charge in [0.15, 0.2) is 0 Å². The number of nitrogens with one attached hydrogen (secondary N) is 1. The number of amides is 1. The zero-order valence-corrected chi connectivity index (χ0v) is 18.6.